The predicted octanol–water partition coefficient (Wildman–Crippen LogP) is 3.14. The molecule has 1 aromatic carbocycles. The predicted molar refractivity (Wildman–Crippen MR) is 92.9 cm³/mol. The van der Waals surface area contributed by atoms with E-state index in [1.54, 1.807) is 0 Å². The number of benzene rings is 1. The van der Waals surface area contributed by atoms with Crippen molar-refractivity contribution in [2.45, 2.75) is 39.3 Å². The van der Waals surface area contributed by atoms with E-state index in [-0.39, 0.29) is 29.8 Å². The molecule has 0 saturated heterocycles. The lowest BCUT2D eigenvalue weighted by molar-refractivity contribution is 0.0711. The van der Waals surface area contributed by atoms with Crippen LogP contribution in [-0.2, 0) is 6.54 Å². The molecule has 0 spiro atoms. The molecule has 0 atom stereocenters. The van der Waals surface area contributed by atoms with Crippen molar-refractivity contribution in [3.63, 3.8) is 0 Å². The van der Waals surface area contributed by atoms with Crippen molar-refractivity contribution >= 4 is 11.8 Å². The minimum absolute atomic E-state index is 0.0212. The van der Waals surface area contributed by atoms with E-state index in [2.05, 4.69) is 10.5 Å². The van der Waals surface area contributed by atoms with Crippen LogP contribution in [-0.4, -0.2) is 34.5 Å². The van der Waals surface area contributed by atoms with E-state index >= 15 is 0 Å². The highest BCUT2D eigenvalue weighted by Crippen LogP contribution is 2.30. The van der Waals surface area contributed by atoms with Crippen LogP contribution in [0.15, 0.2) is 28.8 Å². The summed E-state index contributed by atoms with van der Waals surface area (Å²) in [7, 11) is 0. The molecule has 1 heterocycles. The van der Waals surface area contributed by atoms with Gasteiger partial charge in [0, 0.05) is 30.3 Å². The zero-order valence-electron chi connectivity index (χ0n) is 15.2. The maximum atomic E-state index is 13.4. The van der Waals surface area contributed by atoms with Crippen molar-refractivity contribution in [1.82, 2.24) is 15.4 Å². The smallest absolute Gasteiger partial charge is 0.273 e. The van der Waals surface area contributed by atoms with E-state index < -0.39 is 17.5 Å². The molecular formula is C19H21F2N3O3. The number of carbonyl (C=O) groups is 2. The van der Waals surface area contributed by atoms with Gasteiger partial charge in [0.15, 0.2) is 11.5 Å². The van der Waals surface area contributed by atoms with Crippen LogP contribution in [0.4, 0.5) is 8.78 Å². The molecule has 1 aromatic heterocycles. The summed E-state index contributed by atoms with van der Waals surface area (Å²) in [5.41, 5.74) is 0.0689. The number of hydrogen-bond donors (Lipinski definition) is 1. The number of carbonyl (C=O) groups excluding carboxylic acids is 2. The van der Waals surface area contributed by atoms with Gasteiger partial charge in [-0.15, -0.1) is 0 Å². The Kier molecular flexibility index (Phi) is 5.53. The normalized spacial score (nSPS) is 13.7. The monoisotopic (exact) mass is 377 g/mol. The average molecular weight is 377 g/mol. The topological polar surface area (TPSA) is 75.4 Å². The van der Waals surface area contributed by atoms with Crippen LogP contribution in [0.3, 0.4) is 0 Å². The molecule has 1 N–H and O–H groups in total. The van der Waals surface area contributed by atoms with E-state index in [1.165, 1.54) is 11.0 Å². The molecule has 0 unspecified atom stereocenters. The largest absolute Gasteiger partial charge is 0.359 e. The van der Waals surface area contributed by atoms with Crippen molar-refractivity contribution in [3.05, 3.63) is 52.9 Å². The summed E-state index contributed by atoms with van der Waals surface area (Å²) in [5, 5.41) is 6.48. The van der Waals surface area contributed by atoms with Crippen LogP contribution in [0.1, 0.15) is 53.3 Å². The Hall–Kier alpha value is -2.77. The minimum atomic E-state index is -0.808. The molecule has 3 rings (SSSR count). The quantitative estimate of drug-likeness (QED) is 0.804. The van der Waals surface area contributed by atoms with Gasteiger partial charge in [-0.3, -0.25) is 9.59 Å². The Balaban J connectivity index is 1.72. The van der Waals surface area contributed by atoms with E-state index in [0.29, 0.717) is 18.2 Å². The Morgan fingerprint density at radius 3 is 2.48 bits per heavy atom. The van der Waals surface area contributed by atoms with Crippen molar-refractivity contribution < 1.29 is 22.9 Å². The minimum Gasteiger partial charge on any atom is -0.359 e. The van der Waals surface area contributed by atoms with Gasteiger partial charge in [0.05, 0.1) is 6.54 Å². The maximum Gasteiger partial charge on any atom is 0.273 e. The first-order valence-electron chi connectivity index (χ1n) is 8.84. The third-order valence-corrected chi connectivity index (χ3v) is 4.15. The molecule has 6 nitrogen and oxygen atoms in total. The maximum absolute atomic E-state index is 13.4. The first kappa shape index (κ1) is 19.0. The van der Waals surface area contributed by atoms with E-state index in [1.807, 2.05) is 13.8 Å². The van der Waals surface area contributed by atoms with Gasteiger partial charge in [-0.2, -0.15) is 0 Å². The van der Waals surface area contributed by atoms with Crippen molar-refractivity contribution in [1.29, 1.82) is 0 Å². The fourth-order valence-corrected chi connectivity index (χ4v) is 2.65. The molecule has 2 amide bonds. The lowest BCUT2D eigenvalue weighted by atomic mass is 10.1. The number of amides is 2. The summed E-state index contributed by atoms with van der Waals surface area (Å²) in [6.07, 6.45) is 1.61. The van der Waals surface area contributed by atoms with Gasteiger partial charge in [0.2, 0.25) is 0 Å². The number of hydrogen-bond acceptors (Lipinski definition) is 4. The SMILES string of the molecule is CC(C)CNC(=O)c1cc(CN(C(=O)c2cc(F)cc(F)c2)C2CC2)on1. The van der Waals surface area contributed by atoms with Crippen molar-refractivity contribution in [2.75, 3.05) is 6.54 Å². The van der Waals surface area contributed by atoms with Crippen LogP contribution in [0, 0.1) is 17.6 Å². The van der Waals surface area contributed by atoms with Gasteiger partial charge in [-0.05, 0) is 30.9 Å². The van der Waals surface area contributed by atoms with E-state index in [9.17, 15) is 18.4 Å². The summed E-state index contributed by atoms with van der Waals surface area (Å²) >= 11 is 0. The standard InChI is InChI=1S/C19H21F2N3O3/c1-11(2)9-22-18(25)17-8-16(27-23-17)10-24(15-3-4-15)19(26)12-5-13(20)7-14(21)6-12/h5-8,11,15H,3-4,9-10H2,1-2H3,(H,22,25). The van der Waals surface area contributed by atoms with Gasteiger partial charge in [0.1, 0.15) is 11.6 Å². The lowest BCUT2D eigenvalue weighted by Crippen LogP contribution is -2.32. The molecule has 2 aromatic rings. The van der Waals surface area contributed by atoms with Crippen LogP contribution in [0.25, 0.3) is 0 Å². The summed E-state index contributed by atoms with van der Waals surface area (Å²) in [6, 6.07) is 4.19. The fourth-order valence-electron chi connectivity index (χ4n) is 2.65. The Labute approximate surface area is 155 Å². The number of aromatic nitrogens is 1. The molecule has 0 radical (unpaired) electrons. The molecule has 1 fully saturated rings. The van der Waals surface area contributed by atoms with Gasteiger partial charge in [-0.1, -0.05) is 19.0 Å². The van der Waals surface area contributed by atoms with Crippen LogP contribution in [0.2, 0.25) is 0 Å². The molecule has 1 aliphatic carbocycles. The molecule has 1 aliphatic rings. The molecule has 0 bridgehead atoms. The van der Waals surface area contributed by atoms with Gasteiger partial charge in [0.25, 0.3) is 11.8 Å². The first-order valence-corrected chi connectivity index (χ1v) is 8.84. The number of halogens is 2. The van der Waals surface area contributed by atoms with E-state index in [0.717, 1.165) is 31.0 Å². The summed E-state index contributed by atoms with van der Waals surface area (Å²) in [5.74, 6) is -1.82. The molecular weight excluding hydrogens is 356 g/mol. The second-order valence-electron chi connectivity index (χ2n) is 7.10. The molecule has 0 aliphatic heterocycles. The molecule has 8 heteroatoms. The Bertz CT molecular complexity index is 826. The number of nitrogens with one attached hydrogen (secondary N) is 1. The highest BCUT2D eigenvalue weighted by molar-refractivity contribution is 5.95. The summed E-state index contributed by atoms with van der Waals surface area (Å²) < 4.78 is 32.0. The molecule has 27 heavy (non-hydrogen) atoms. The molecule has 1 saturated carbocycles. The summed E-state index contributed by atoms with van der Waals surface area (Å²) in [4.78, 5) is 26.2. The van der Waals surface area contributed by atoms with Crippen LogP contribution in [0.5, 0.6) is 0 Å². The van der Waals surface area contributed by atoms with Crippen LogP contribution < -0.4 is 5.32 Å². The highest BCUT2D eigenvalue weighted by Gasteiger charge is 2.34. The van der Waals surface area contributed by atoms with Crippen molar-refractivity contribution in [2.24, 2.45) is 5.92 Å². The third kappa shape index (κ3) is 4.90. The van der Waals surface area contributed by atoms with Gasteiger partial charge >= 0.3 is 0 Å². The first-order chi connectivity index (χ1) is 12.8. The van der Waals surface area contributed by atoms with E-state index in [4.69, 9.17) is 4.52 Å². The third-order valence-electron chi connectivity index (χ3n) is 4.15. The lowest BCUT2D eigenvalue weighted by Gasteiger charge is -2.21. The van der Waals surface area contributed by atoms with Gasteiger partial charge in [-0.25, -0.2) is 8.78 Å². The zero-order chi connectivity index (χ0) is 19.6. The Morgan fingerprint density at radius 1 is 1.22 bits per heavy atom. The second-order valence-corrected chi connectivity index (χ2v) is 7.10. The van der Waals surface area contributed by atoms with Crippen LogP contribution >= 0.6 is 0 Å². The zero-order valence-corrected chi connectivity index (χ0v) is 15.2. The average Bonchev–Trinajstić information content (AvgIpc) is 3.34. The van der Waals surface area contributed by atoms with Gasteiger partial charge < -0.3 is 14.7 Å². The highest BCUT2D eigenvalue weighted by atomic mass is 19.1. The molecule has 144 valence electrons. The number of rotatable bonds is 7. The Morgan fingerprint density at radius 2 is 1.89 bits per heavy atom. The number of nitrogens with zero attached hydrogens (tertiary/aromatic N) is 2. The second kappa shape index (κ2) is 7.85. The van der Waals surface area contributed by atoms with Crippen molar-refractivity contribution in [3.8, 4) is 0 Å². The fraction of sp³-hybridized carbons (Fsp3) is 0.421. The summed E-state index contributed by atoms with van der Waals surface area (Å²) in [6.45, 7) is 4.54.